The molecule has 0 atom stereocenters. The second-order valence-electron chi connectivity index (χ2n) is 6.04. The van der Waals surface area contributed by atoms with Gasteiger partial charge in [-0.1, -0.05) is 11.6 Å². The number of rotatable bonds is 1. The summed E-state index contributed by atoms with van der Waals surface area (Å²) < 4.78 is 12.0. The summed E-state index contributed by atoms with van der Waals surface area (Å²) in [5.74, 6) is 2.38. The van der Waals surface area contributed by atoms with Gasteiger partial charge in [0.05, 0.1) is 19.8 Å². The lowest BCUT2D eigenvalue weighted by molar-refractivity contribution is -0.279. The third-order valence-electron chi connectivity index (χ3n) is 5.42. The summed E-state index contributed by atoms with van der Waals surface area (Å²) >= 11 is 0. The third kappa shape index (κ3) is 1.28. The van der Waals surface area contributed by atoms with Crippen molar-refractivity contribution in [1.29, 1.82) is 0 Å². The third-order valence-corrected chi connectivity index (χ3v) is 5.42. The molecular formula is C14H20O3. The average Bonchev–Trinajstić information content (AvgIpc) is 2.77. The quantitative estimate of drug-likeness (QED) is 0.704. The second kappa shape index (κ2) is 3.56. The monoisotopic (exact) mass is 236 g/mol. The summed E-state index contributed by atoms with van der Waals surface area (Å²) in [6, 6.07) is 0. The molecule has 1 aliphatic heterocycles. The first-order valence-corrected chi connectivity index (χ1v) is 6.92. The van der Waals surface area contributed by atoms with Crippen LogP contribution in [0.3, 0.4) is 0 Å². The Morgan fingerprint density at radius 2 is 1.59 bits per heavy atom. The van der Waals surface area contributed by atoms with Gasteiger partial charge in [0.25, 0.3) is 0 Å². The Morgan fingerprint density at radius 1 is 1.06 bits per heavy atom. The Kier molecular flexibility index (Phi) is 2.21. The fourth-order valence-corrected chi connectivity index (χ4v) is 4.98. The molecule has 0 unspecified atom stereocenters. The smallest absolute Gasteiger partial charge is 0.174 e. The predicted molar refractivity (Wildman–Crippen MR) is 62.2 cm³/mol. The number of aliphatic hydroxyl groups excluding tert-OH is 1. The summed E-state index contributed by atoms with van der Waals surface area (Å²) in [7, 11) is 0. The molecule has 0 amide bonds. The molecule has 1 saturated heterocycles. The molecule has 0 aromatic carbocycles. The maximum absolute atomic E-state index is 9.13. The van der Waals surface area contributed by atoms with Crippen LogP contribution in [-0.4, -0.2) is 30.7 Å². The molecule has 5 fully saturated rings. The van der Waals surface area contributed by atoms with Crippen LogP contribution in [0.5, 0.6) is 0 Å². The van der Waals surface area contributed by atoms with E-state index >= 15 is 0 Å². The highest BCUT2D eigenvalue weighted by molar-refractivity contribution is 5.23. The summed E-state index contributed by atoms with van der Waals surface area (Å²) in [6.07, 6.45) is 6.89. The van der Waals surface area contributed by atoms with Crippen molar-refractivity contribution < 1.29 is 14.6 Å². The van der Waals surface area contributed by atoms with Gasteiger partial charge >= 0.3 is 0 Å². The molecule has 94 valence electrons. The zero-order chi connectivity index (χ0) is 11.5. The van der Waals surface area contributed by atoms with E-state index in [1.807, 2.05) is 0 Å². The SMILES string of the molecule is OCC=C1C2CC3CC1CC(C2)C31OCCO1. The molecule has 0 radical (unpaired) electrons. The van der Waals surface area contributed by atoms with E-state index in [2.05, 4.69) is 6.08 Å². The summed E-state index contributed by atoms with van der Waals surface area (Å²) in [5.41, 5.74) is 1.54. The van der Waals surface area contributed by atoms with E-state index < -0.39 is 0 Å². The van der Waals surface area contributed by atoms with Crippen molar-refractivity contribution in [3.63, 3.8) is 0 Å². The van der Waals surface area contributed by atoms with E-state index in [-0.39, 0.29) is 12.4 Å². The molecule has 4 aliphatic carbocycles. The molecule has 3 nitrogen and oxygen atoms in total. The lowest BCUT2D eigenvalue weighted by Gasteiger charge is -2.59. The highest BCUT2D eigenvalue weighted by atomic mass is 16.7. The van der Waals surface area contributed by atoms with Gasteiger partial charge in [0.1, 0.15) is 0 Å². The Bertz CT molecular complexity index is 320. The number of hydrogen-bond donors (Lipinski definition) is 1. The molecule has 4 bridgehead atoms. The fourth-order valence-electron chi connectivity index (χ4n) is 4.98. The molecule has 0 aromatic heterocycles. The summed E-state index contributed by atoms with van der Waals surface area (Å²) in [5, 5.41) is 9.13. The molecule has 4 saturated carbocycles. The highest BCUT2D eigenvalue weighted by Gasteiger charge is 2.61. The number of ether oxygens (including phenoxy) is 2. The van der Waals surface area contributed by atoms with E-state index in [1.165, 1.54) is 31.3 Å². The standard InChI is InChI=1S/C14H20O3/c15-2-1-13-9-5-11-7-10(13)8-12(6-9)14(11)16-3-4-17-14/h1,9-12,15H,2-8H2. The highest BCUT2D eigenvalue weighted by Crippen LogP contribution is 2.62. The summed E-state index contributed by atoms with van der Waals surface area (Å²) in [4.78, 5) is 0. The maximum Gasteiger partial charge on any atom is 0.174 e. The van der Waals surface area contributed by atoms with E-state index in [9.17, 15) is 0 Å². The molecular weight excluding hydrogens is 216 g/mol. The largest absolute Gasteiger partial charge is 0.392 e. The molecule has 1 heterocycles. The molecule has 1 N–H and O–H groups in total. The first-order valence-electron chi connectivity index (χ1n) is 6.92. The number of aliphatic hydroxyl groups is 1. The van der Waals surface area contributed by atoms with Crippen molar-refractivity contribution in [1.82, 2.24) is 0 Å². The van der Waals surface area contributed by atoms with Gasteiger partial charge in [-0.2, -0.15) is 0 Å². The molecule has 3 heteroatoms. The zero-order valence-electron chi connectivity index (χ0n) is 10.1. The van der Waals surface area contributed by atoms with Crippen molar-refractivity contribution in [2.45, 2.75) is 31.5 Å². The van der Waals surface area contributed by atoms with Gasteiger partial charge in [-0.15, -0.1) is 0 Å². The number of hydrogen-bond acceptors (Lipinski definition) is 3. The van der Waals surface area contributed by atoms with Crippen LogP contribution in [0.15, 0.2) is 11.6 Å². The predicted octanol–water partition coefficient (Wildman–Crippen LogP) is 1.71. The molecule has 5 rings (SSSR count). The van der Waals surface area contributed by atoms with Crippen molar-refractivity contribution >= 4 is 0 Å². The lowest BCUT2D eigenvalue weighted by Crippen LogP contribution is -2.59. The minimum atomic E-state index is -0.211. The Labute approximate surface area is 102 Å². The normalized spacial score (nSPS) is 45.8. The first kappa shape index (κ1) is 10.5. The molecule has 17 heavy (non-hydrogen) atoms. The van der Waals surface area contributed by atoms with Crippen molar-refractivity contribution in [3.8, 4) is 0 Å². The Hall–Kier alpha value is -0.380. The summed E-state index contributed by atoms with van der Waals surface area (Å²) in [6.45, 7) is 1.76. The minimum Gasteiger partial charge on any atom is -0.392 e. The first-order chi connectivity index (χ1) is 8.33. The van der Waals surface area contributed by atoms with Crippen molar-refractivity contribution in [2.75, 3.05) is 19.8 Å². The van der Waals surface area contributed by atoms with E-state index in [4.69, 9.17) is 14.6 Å². The van der Waals surface area contributed by atoms with Crippen molar-refractivity contribution in [2.24, 2.45) is 23.7 Å². The average molecular weight is 236 g/mol. The molecule has 0 aromatic rings. The van der Waals surface area contributed by atoms with Gasteiger partial charge in [-0.25, -0.2) is 0 Å². The van der Waals surface area contributed by atoms with Gasteiger partial charge in [0, 0.05) is 11.8 Å². The second-order valence-corrected chi connectivity index (χ2v) is 6.04. The van der Waals surface area contributed by atoms with Crippen LogP contribution in [0.2, 0.25) is 0 Å². The van der Waals surface area contributed by atoms with Crippen LogP contribution >= 0.6 is 0 Å². The van der Waals surface area contributed by atoms with Gasteiger partial charge < -0.3 is 14.6 Å². The van der Waals surface area contributed by atoms with Crippen LogP contribution < -0.4 is 0 Å². The van der Waals surface area contributed by atoms with Gasteiger partial charge in [-0.3, -0.25) is 0 Å². The topological polar surface area (TPSA) is 38.7 Å². The zero-order valence-corrected chi connectivity index (χ0v) is 10.1. The maximum atomic E-state index is 9.13. The molecule has 1 spiro atoms. The number of allylic oxidation sites excluding steroid dienone is 1. The Morgan fingerprint density at radius 3 is 2.06 bits per heavy atom. The van der Waals surface area contributed by atoms with E-state index in [0.717, 1.165) is 13.2 Å². The van der Waals surface area contributed by atoms with Crippen LogP contribution in [0.4, 0.5) is 0 Å². The van der Waals surface area contributed by atoms with Crippen LogP contribution in [0, 0.1) is 23.7 Å². The van der Waals surface area contributed by atoms with Gasteiger partial charge in [-0.05, 0) is 37.5 Å². The Balaban J connectivity index is 1.67. The lowest BCUT2D eigenvalue weighted by atomic mass is 9.51. The van der Waals surface area contributed by atoms with Gasteiger partial charge in [0.15, 0.2) is 5.79 Å². The fraction of sp³-hybridized carbons (Fsp3) is 0.857. The minimum absolute atomic E-state index is 0.204. The van der Waals surface area contributed by atoms with Crippen molar-refractivity contribution in [3.05, 3.63) is 11.6 Å². The van der Waals surface area contributed by atoms with Crippen LogP contribution in [0.25, 0.3) is 0 Å². The molecule has 5 aliphatic rings. The van der Waals surface area contributed by atoms with Crippen LogP contribution in [-0.2, 0) is 9.47 Å². The van der Waals surface area contributed by atoms with Crippen LogP contribution in [0.1, 0.15) is 25.7 Å². The van der Waals surface area contributed by atoms with Gasteiger partial charge in [0.2, 0.25) is 0 Å². The van der Waals surface area contributed by atoms with E-state index in [1.54, 1.807) is 0 Å². The van der Waals surface area contributed by atoms with E-state index in [0.29, 0.717) is 23.7 Å².